The molecule has 2 aromatic rings. The van der Waals surface area contributed by atoms with Gasteiger partial charge in [-0.2, -0.15) is 0 Å². The summed E-state index contributed by atoms with van der Waals surface area (Å²) in [5.74, 6) is 0. The van der Waals surface area contributed by atoms with Crippen molar-refractivity contribution >= 4 is 8.32 Å². The van der Waals surface area contributed by atoms with Crippen LogP contribution in [0.2, 0.25) is 18.1 Å². The number of hydrogen-bond donors (Lipinski definition) is 1. The van der Waals surface area contributed by atoms with Crippen LogP contribution >= 0.6 is 0 Å². The van der Waals surface area contributed by atoms with Gasteiger partial charge in [0, 0.05) is 0 Å². The van der Waals surface area contributed by atoms with Gasteiger partial charge in [0.2, 0.25) is 0 Å². The molecule has 0 spiro atoms. The molecule has 0 heterocycles. The first kappa shape index (κ1) is 25.5. The van der Waals surface area contributed by atoms with Gasteiger partial charge in [-0.3, -0.25) is 0 Å². The Kier molecular flexibility index (Phi) is 10.1. The van der Waals surface area contributed by atoms with Gasteiger partial charge < -0.3 is 19.0 Å². The van der Waals surface area contributed by atoms with E-state index in [4.69, 9.17) is 13.9 Å². The van der Waals surface area contributed by atoms with Gasteiger partial charge in [-0.1, -0.05) is 93.6 Å². The lowest BCUT2D eigenvalue weighted by atomic mass is 10.2. The molecule has 0 unspecified atom stereocenters. The average Bonchev–Trinajstić information content (AvgIpc) is 2.74. The minimum Gasteiger partial charge on any atom is -0.409 e. The SMILES string of the molecule is CC(C)(C)[Si](C)(C)O[C@H](COCc1ccccc1)[C@@H](/C=C/CO)OCc1ccccc1. The summed E-state index contributed by atoms with van der Waals surface area (Å²) >= 11 is 0. The molecule has 0 bridgehead atoms. The summed E-state index contributed by atoms with van der Waals surface area (Å²) in [6, 6.07) is 20.2. The molecule has 170 valence electrons. The summed E-state index contributed by atoms with van der Waals surface area (Å²) in [5, 5.41) is 9.43. The van der Waals surface area contributed by atoms with Gasteiger partial charge in [0.05, 0.1) is 32.5 Å². The van der Waals surface area contributed by atoms with E-state index in [-0.39, 0.29) is 23.9 Å². The summed E-state index contributed by atoms with van der Waals surface area (Å²) < 4.78 is 19.1. The van der Waals surface area contributed by atoms with Crippen LogP contribution < -0.4 is 0 Å². The molecule has 1 N–H and O–H groups in total. The minimum absolute atomic E-state index is 0.0388. The highest BCUT2D eigenvalue weighted by Crippen LogP contribution is 2.38. The Morgan fingerprint density at radius 3 is 1.97 bits per heavy atom. The number of ether oxygens (including phenoxy) is 2. The van der Waals surface area contributed by atoms with Crippen molar-refractivity contribution < 1.29 is 19.0 Å². The largest absolute Gasteiger partial charge is 0.409 e. The second-order valence-electron chi connectivity index (χ2n) is 9.29. The summed E-state index contributed by atoms with van der Waals surface area (Å²) in [5.41, 5.74) is 2.22. The zero-order valence-corrected chi connectivity index (χ0v) is 20.6. The Morgan fingerprint density at radius 1 is 0.903 bits per heavy atom. The number of aliphatic hydroxyl groups excluding tert-OH is 1. The van der Waals surface area contributed by atoms with Crippen LogP contribution in [0.3, 0.4) is 0 Å². The molecule has 2 aromatic carbocycles. The molecule has 0 aliphatic heterocycles. The van der Waals surface area contributed by atoms with Crippen LogP contribution in [0.1, 0.15) is 31.9 Å². The average molecular weight is 443 g/mol. The van der Waals surface area contributed by atoms with Crippen molar-refractivity contribution in [3.05, 3.63) is 83.9 Å². The highest BCUT2D eigenvalue weighted by molar-refractivity contribution is 6.74. The monoisotopic (exact) mass is 442 g/mol. The maximum atomic E-state index is 9.36. The molecule has 4 nitrogen and oxygen atoms in total. The lowest BCUT2D eigenvalue weighted by Crippen LogP contribution is -2.48. The van der Waals surface area contributed by atoms with Gasteiger partial charge in [-0.05, 0) is 29.3 Å². The number of benzene rings is 2. The predicted octanol–water partition coefficient (Wildman–Crippen LogP) is 5.73. The fourth-order valence-corrected chi connectivity index (χ4v) is 4.18. The van der Waals surface area contributed by atoms with Crippen molar-refractivity contribution in [2.45, 2.75) is 64.3 Å². The number of hydrogen-bond acceptors (Lipinski definition) is 4. The van der Waals surface area contributed by atoms with Crippen molar-refractivity contribution in [3.63, 3.8) is 0 Å². The smallest absolute Gasteiger partial charge is 0.192 e. The molecular formula is C26H38O4Si. The van der Waals surface area contributed by atoms with E-state index < -0.39 is 8.32 Å². The van der Waals surface area contributed by atoms with E-state index in [0.717, 1.165) is 11.1 Å². The standard InChI is InChI=1S/C26H38O4Si/c1-26(2,3)31(4,5)30-25(21-28-19-22-13-8-6-9-14-22)24(17-12-18-27)29-20-23-15-10-7-11-16-23/h6-17,24-25,27H,18-21H2,1-5H3/b17-12+/t24-,25-/m1/s1. The lowest BCUT2D eigenvalue weighted by Gasteiger charge is -2.40. The molecule has 0 aliphatic carbocycles. The Bertz CT molecular complexity index is 769. The van der Waals surface area contributed by atoms with Crippen LogP contribution in [-0.2, 0) is 27.1 Å². The molecule has 0 amide bonds. The highest BCUT2D eigenvalue weighted by atomic mass is 28.4. The zero-order valence-electron chi connectivity index (χ0n) is 19.6. The first-order valence-corrected chi connectivity index (χ1v) is 13.9. The fraction of sp³-hybridized carbons (Fsp3) is 0.462. The molecule has 0 saturated heterocycles. The summed E-state index contributed by atoms with van der Waals surface area (Å²) in [6.07, 6.45) is 3.02. The molecule has 2 atom stereocenters. The topological polar surface area (TPSA) is 47.9 Å². The Labute approximate surface area is 189 Å². The molecule has 5 heteroatoms. The third-order valence-corrected chi connectivity index (χ3v) is 10.2. The van der Waals surface area contributed by atoms with Crippen LogP contribution in [0.5, 0.6) is 0 Å². The zero-order chi connectivity index (χ0) is 22.7. The van der Waals surface area contributed by atoms with E-state index in [1.54, 1.807) is 6.08 Å². The molecule has 0 aromatic heterocycles. The van der Waals surface area contributed by atoms with E-state index in [0.29, 0.717) is 19.8 Å². The van der Waals surface area contributed by atoms with E-state index >= 15 is 0 Å². The van der Waals surface area contributed by atoms with Crippen LogP contribution in [0.15, 0.2) is 72.8 Å². The van der Waals surface area contributed by atoms with E-state index in [1.165, 1.54) is 0 Å². The van der Waals surface area contributed by atoms with Crippen molar-refractivity contribution in [2.75, 3.05) is 13.2 Å². The maximum absolute atomic E-state index is 9.36. The maximum Gasteiger partial charge on any atom is 0.192 e. The second-order valence-corrected chi connectivity index (χ2v) is 14.0. The van der Waals surface area contributed by atoms with Crippen LogP contribution in [0, 0.1) is 0 Å². The van der Waals surface area contributed by atoms with Crippen molar-refractivity contribution in [1.29, 1.82) is 0 Å². The minimum atomic E-state index is -2.06. The van der Waals surface area contributed by atoms with Gasteiger partial charge in [0.25, 0.3) is 0 Å². The molecule has 2 rings (SSSR count). The quantitative estimate of drug-likeness (QED) is 0.337. The van der Waals surface area contributed by atoms with Gasteiger partial charge in [0.1, 0.15) is 6.10 Å². The summed E-state index contributed by atoms with van der Waals surface area (Å²) in [7, 11) is -2.06. The Balaban J connectivity index is 2.16. The van der Waals surface area contributed by atoms with Crippen molar-refractivity contribution in [3.8, 4) is 0 Å². The highest BCUT2D eigenvalue weighted by Gasteiger charge is 2.40. The third kappa shape index (κ3) is 8.71. The van der Waals surface area contributed by atoms with Crippen LogP contribution in [0.25, 0.3) is 0 Å². The van der Waals surface area contributed by atoms with Crippen molar-refractivity contribution in [2.24, 2.45) is 0 Å². The van der Waals surface area contributed by atoms with Gasteiger partial charge in [-0.15, -0.1) is 0 Å². The molecule has 0 fully saturated rings. The second kappa shape index (κ2) is 12.3. The van der Waals surface area contributed by atoms with E-state index in [2.05, 4.69) is 46.0 Å². The van der Waals surface area contributed by atoms with Crippen LogP contribution in [0.4, 0.5) is 0 Å². The molecule has 0 radical (unpaired) electrons. The fourth-order valence-electron chi connectivity index (χ4n) is 2.87. The predicted molar refractivity (Wildman–Crippen MR) is 129 cm³/mol. The molecule has 31 heavy (non-hydrogen) atoms. The lowest BCUT2D eigenvalue weighted by molar-refractivity contribution is -0.0541. The van der Waals surface area contributed by atoms with Gasteiger partial charge in [-0.25, -0.2) is 0 Å². The first-order chi connectivity index (χ1) is 14.7. The number of rotatable bonds is 12. The van der Waals surface area contributed by atoms with Gasteiger partial charge >= 0.3 is 0 Å². The summed E-state index contributed by atoms with van der Waals surface area (Å²) in [4.78, 5) is 0. The molecular weight excluding hydrogens is 404 g/mol. The first-order valence-electron chi connectivity index (χ1n) is 11.0. The Hall–Kier alpha value is -1.76. The van der Waals surface area contributed by atoms with Crippen LogP contribution in [-0.4, -0.2) is 38.8 Å². The van der Waals surface area contributed by atoms with E-state index in [1.807, 2.05) is 54.6 Å². The van der Waals surface area contributed by atoms with Crippen molar-refractivity contribution in [1.82, 2.24) is 0 Å². The molecule has 0 saturated carbocycles. The van der Waals surface area contributed by atoms with Gasteiger partial charge in [0.15, 0.2) is 8.32 Å². The number of aliphatic hydroxyl groups is 1. The third-order valence-electron chi connectivity index (χ3n) is 5.73. The normalized spacial score (nSPS) is 14.6. The van der Waals surface area contributed by atoms with E-state index in [9.17, 15) is 5.11 Å². The molecule has 0 aliphatic rings. The summed E-state index contributed by atoms with van der Waals surface area (Å²) in [6.45, 7) is 12.5. The Morgan fingerprint density at radius 2 is 1.45 bits per heavy atom.